The third kappa shape index (κ3) is 7.45. The molecule has 0 saturated carbocycles. The van der Waals surface area contributed by atoms with Gasteiger partial charge >= 0.3 is 0 Å². The van der Waals surface area contributed by atoms with Crippen LogP contribution in [0.3, 0.4) is 0 Å². The quantitative estimate of drug-likeness (QED) is 0.474. The molecule has 2 heterocycles. The maximum absolute atomic E-state index is 12.2. The monoisotopic (exact) mass is 384 g/mol. The molecule has 2 aliphatic heterocycles. The summed E-state index contributed by atoms with van der Waals surface area (Å²) in [5.74, 6) is 0.292. The summed E-state index contributed by atoms with van der Waals surface area (Å²) in [5.41, 5.74) is 0. The van der Waals surface area contributed by atoms with Gasteiger partial charge in [0.2, 0.25) is 0 Å². The molecule has 158 valence electrons. The first-order chi connectivity index (χ1) is 13.0. The maximum atomic E-state index is 12.2. The zero-order valence-electron chi connectivity index (χ0n) is 17.8. The summed E-state index contributed by atoms with van der Waals surface area (Å²) < 4.78 is 23.6. The molecule has 0 aromatic rings. The van der Waals surface area contributed by atoms with Gasteiger partial charge in [0, 0.05) is 19.4 Å². The van der Waals surface area contributed by atoms with Crippen LogP contribution in [0.15, 0.2) is 0 Å². The van der Waals surface area contributed by atoms with Crippen molar-refractivity contribution in [1.29, 1.82) is 0 Å². The Hall–Kier alpha value is -0.490. The summed E-state index contributed by atoms with van der Waals surface area (Å²) in [6.45, 7) is 9.91. The van der Waals surface area contributed by atoms with Crippen LogP contribution in [0.4, 0.5) is 0 Å². The summed E-state index contributed by atoms with van der Waals surface area (Å²) >= 11 is 0. The van der Waals surface area contributed by atoms with Crippen molar-refractivity contribution in [1.82, 2.24) is 0 Å². The van der Waals surface area contributed by atoms with Gasteiger partial charge in [0.25, 0.3) is 0 Å². The number of hydrogen-bond acceptors (Lipinski definition) is 5. The number of Topliss-reactive ketones (excluding diaryl/α,β-unsaturated/α-hetero) is 1. The molecule has 0 N–H and O–H groups in total. The van der Waals surface area contributed by atoms with Crippen LogP contribution in [-0.2, 0) is 23.7 Å². The molecule has 0 bridgehead atoms. The average Bonchev–Trinajstić information content (AvgIpc) is 3.12. The van der Waals surface area contributed by atoms with Crippen LogP contribution < -0.4 is 0 Å². The van der Waals surface area contributed by atoms with E-state index >= 15 is 0 Å². The molecular weight excluding hydrogens is 344 g/mol. The number of hydrogen-bond donors (Lipinski definition) is 0. The van der Waals surface area contributed by atoms with Gasteiger partial charge in [-0.25, -0.2) is 0 Å². The normalized spacial score (nSPS) is 27.4. The van der Waals surface area contributed by atoms with Crippen LogP contribution in [0.2, 0.25) is 0 Å². The van der Waals surface area contributed by atoms with Crippen LogP contribution in [0.5, 0.6) is 0 Å². The van der Waals surface area contributed by atoms with Crippen LogP contribution in [0, 0.1) is 5.92 Å². The highest BCUT2D eigenvalue weighted by atomic mass is 16.7. The Kier molecular flexibility index (Phi) is 9.71. The molecule has 27 heavy (non-hydrogen) atoms. The third-order valence-corrected chi connectivity index (χ3v) is 6.06. The van der Waals surface area contributed by atoms with E-state index in [1.807, 2.05) is 0 Å². The first kappa shape index (κ1) is 22.8. The Morgan fingerprint density at radius 2 is 1.93 bits per heavy atom. The van der Waals surface area contributed by atoms with Gasteiger partial charge in [0.1, 0.15) is 5.78 Å². The highest BCUT2D eigenvalue weighted by molar-refractivity contribution is 5.78. The van der Waals surface area contributed by atoms with Crippen molar-refractivity contribution in [3.05, 3.63) is 0 Å². The first-order valence-corrected chi connectivity index (χ1v) is 11.1. The van der Waals surface area contributed by atoms with Crippen molar-refractivity contribution in [2.24, 2.45) is 5.92 Å². The summed E-state index contributed by atoms with van der Waals surface area (Å²) in [6, 6.07) is 0. The first-order valence-electron chi connectivity index (χ1n) is 11.1. The molecule has 2 rings (SSSR count). The van der Waals surface area contributed by atoms with E-state index in [1.165, 1.54) is 6.42 Å². The molecule has 0 radical (unpaired) electrons. The lowest BCUT2D eigenvalue weighted by Crippen LogP contribution is -2.30. The Bertz CT molecular complexity index is 428. The van der Waals surface area contributed by atoms with E-state index < -0.39 is 5.79 Å². The molecule has 0 spiro atoms. The van der Waals surface area contributed by atoms with Crippen LogP contribution in [0.25, 0.3) is 0 Å². The maximum Gasteiger partial charge on any atom is 0.168 e. The molecule has 0 aromatic heterocycles. The van der Waals surface area contributed by atoms with Gasteiger partial charge in [-0.3, -0.25) is 4.79 Å². The van der Waals surface area contributed by atoms with Gasteiger partial charge in [-0.1, -0.05) is 20.8 Å². The molecule has 0 amide bonds. The summed E-state index contributed by atoms with van der Waals surface area (Å²) in [4.78, 5) is 12.2. The Labute approximate surface area is 165 Å². The van der Waals surface area contributed by atoms with Gasteiger partial charge < -0.3 is 18.9 Å². The van der Waals surface area contributed by atoms with E-state index in [1.54, 1.807) is 0 Å². The van der Waals surface area contributed by atoms with Crippen LogP contribution in [-0.4, -0.2) is 43.3 Å². The Balaban J connectivity index is 1.56. The number of ether oxygens (including phenoxy) is 4. The van der Waals surface area contributed by atoms with Crippen molar-refractivity contribution >= 4 is 5.78 Å². The number of carbonyl (C=O) groups excluding carboxylic acids is 1. The minimum atomic E-state index is -0.402. The average molecular weight is 385 g/mol. The second kappa shape index (κ2) is 11.5. The fourth-order valence-corrected chi connectivity index (χ4v) is 3.91. The molecule has 2 saturated heterocycles. The number of carbonyl (C=O) groups is 1. The van der Waals surface area contributed by atoms with E-state index in [0.717, 1.165) is 51.6 Å². The van der Waals surface area contributed by atoms with E-state index in [9.17, 15) is 4.79 Å². The van der Waals surface area contributed by atoms with Gasteiger partial charge in [-0.15, -0.1) is 0 Å². The van der Waals surface area contributed by atoms with Crippen molar-refractivity contribution in [2.75, 3.05) is 13.2 Å². The standard InChI is InChI=1S/C22H40O5/c1-5-22(6-2)25-16-20(27-22)17(3)13-14-19(23)11-9-10-18(4)26-21-12-7-8-15-24-21/h17-18,20-21H,5-16H2,1-4H3/t17-,18+,20+,21?/m0/s1. The van der Waals surface area contributed by atoms with Gasteiger partial charge in [0.15, 0.2) is 12.1 Å². The van der Waals surface area contributed by atoms with E-state index in [-0.39, 0.29) is 18.5 Å². The predicted octanol–water partition coefficient (Wildman–Crippen LogP) is 5.01. The summed E-state index contributed by atoms with van der Waals surface area (Å²) in [7, 11) is 0. The van der Waals surface area contributed by atoms with Crippen molar-refractivity contribution < 1.29 is 23.7 Å². The zero-order valence-corrected chi connectivity index (χ0v) is 17.8. The molecular formula is C22H40O5. The van der Waals surface area contributed by atoms with Crippen LogP contribution >= 0.6 is 0 Å². The lowest BCUT2D eigenvalue weighted by molar-refractivity contribution is -0.185. The fraction of sp³-hybridized carbons (Fsp3) is 0.955. The summed E-state index contributed by atoms with van der Waals surface area (Å²) in [6.07, 6.45) is 9.22. The SMILES string of the molecule is CCC1(CC)OC[C@H]([C@@H](C)CCC(=O)CCC[C@@H](C)OC2CCCCO2)O1. The third-order valence-electron chi connectivity index (χ3n) is 6.06. The topological polar surface area (TPSA) is 54.0 Å². The van der Waals surface area contributed by atoms with Crippen molar-refractivity contribution in [3.8, 4) is 0 Å². The molecule has 0 aliphatic carbocycles. The summed E-state index contributed by atoms with van der Waals surface area (Å²) in [5, 5.41) is 0. The second-order valence-corrected chi connectivity index (χ2v) is 8.27. The van der Waals surface area contributed by atoms with Gasteiger partial charge in [0.05, 0.1) is 18.8 Å². The predicted molar refractivity (Wildman–Crippen MR) is 106 cm³/mol. The molecule has 4 atom stereocenters. The van der Waals surface area contributed by atoms with Crippen LogP contribution in [0.1, 0.15) is 91.9 Å². The number of ketones is 1. The second-order valence-electron chi connectivity index (χ2n) is 8.27. The molecule has 1 unspecified atom stereocenters. The lowest BCUT2D eigenvalue weighted by Gasteiger charge is -2.26. The number of rotatable bonds is 12. The highest BCUT2D eigenvalue weighted by Gasteiger charge is 2.40. The largest absolute Gasteiger partial charge is 0.353 e. The molecule has 2 aliphatic rings. The van der Waals surface area contributed by atoms with Crippen molar-refractivity contribution in [3.63, 3.8) is 0 Å². The molecule has 5 heteroatoms. The highest BCUT2D eigenvalue weighted by Crippen LogP contribution is 2.34. The zero-order chi connectivity index (χ0) is 19.7. The van der Waals surface area contributed by atoms with E-state index in [0.29, 0.717) is 31.1 Å². The van der Waals surface area contributed by atoms with E-state index in [4.69, 9.17) is 18.9 Å². The van der Waals surface area contributed by atoms with E-state index in [2.05, 4.69) is 27.7 Å². The van der Waals surface area contributed by atoms with Gasteiger partial charge in [-0.05, 0) is 64.2 Å². The minimum Gasteiger partial charge on any atom is -0.353 e. The van der Waals surface area contributed by atoms with Crippen molar-refractivity contribution in [2.45, 2.75) is 116 Å². The smallest absolute Gasteiger partial charge is 0.168 e. The molecule has 0 aromatic carbocycles. The molecule has 2 fully saturated rings. The Morgan fingerprint density at radius 1 is 1.15 bits per heavy atom. The fourth-order valence-electron chi connectivity index (χ4n) is 3.91. The van der Waals surface area contributed by atoms with Gasteiger partial charge in [-0.2, -0.15) is 0 Å². The lowest BCUT2D eigenvalue weighted by atomic mass is 9.96. The minimum absolute atomic E-state index is 0.0442. The molecule has 5 nitrogen and oxygen atoms in total. The Morgan fingerprint density at radius 3 is 2.56 bits per heavy atom.